The van der Waals surface area contributed by atoms with E-state index in [1.54, 1.807) is 7.11 Å². The SMILES string of the molecule is COCCNCC1Cc2ccccc2O1. The van der Waals surface area contributed by atoms with Crippen molar-refractivity contribution in [2.45, 2.75) is 12.5 Å². The minimum atomic E-state index is 0.277. The van der Waals surface area contributed by atoms with E-state index in [1.807, 2.05) is 12.1 Å². The number of benzene rings is 1. The van der Waals surface area contributed by atoms with Crippen molar-refractivity contribution in [3.05, 3.63) is 29.8 Å². The fourth-order valence-electron chi connectivity index (χ4n) is 1.81. The molecule has 1 aromatic carbocycles. The monoisotopic (exact) mass is 207 g/mol. The Kier molecular flexibility index (Phi) is 3.59. The van der Waals surface area contributed by atoms with Crippen LogP contribution in [0.3, 0.4) is 0 Å². The Labute approximate surface area is 90.4 Å². The lowest BCUT2D eigenvalue weighted by Crippen LogP contribution is -2.32. The van der Waals surface area contributed by atoms with Gasteiger partial charge in [-0.25, -0.2) is 0 Å². The summed E-state index contributed by atoms with van der Waals surface area (Å²) in [6, 6.07) is 8.23. The van der Waals surface area contributed by atoms with Gasteiger partial charge in [-0.15, -0.1) is 0 Å². The average Bonchev–Trinajstić information content (AvgIpc) is 2.67. The van der Waals surface area contributed by atoms with E-state index in [0.29, 0.717) is 0 Å². The van der Waals surface area contributed by atoms with Crippen molar-refractivity contribution in [1.82, 2.24) is 5.32 Å². The molecule has 0 saturated heterocycles. The predicted octanol–water partition coefficient (Wildman–Crippen LogP) is 1.23. The molecule has 3 heteroatoms. The second-order valence-electron chi connectivity index (χ2n) is 3.75. The first-order valence-corrected chi connectivity index (χ1v) is 5.34. The Morgan fingerprint density at radius 3 is 3.13 bits per heavy atom. The van der Waals surface area contributed by atoms with Gasteiger partial charge in [-0.05, 0) is 11.6 Å². The second-order valence-corrected chi connectivity index (χ2v) is 3.75. The molecule has 15 heavy (non-hydrogen) atoms. The van der Waals surface area contributed by atoms with Crippen LogP contribution >= 0.6 is 0 Å². The Hall–Kier alpha value is -1.06. The summed E-state index contributed by atoms with van der Waals surface area (Å²) in [5.74, 6) is 1.04. The Balaban J connectivity index is 1.76. The molecular formula is C12H17NO2. The van der Waals surface area contributed by atoms with Crippen LogP contribution in [0.15, 0.2) is 24.3 Å². The summed E-state index contributed by atoms with van der Waals surface area (Å²) in [7, 11) is 1.71. The summed E-state index contributed by atoms with van der Waals surface area (Å²) in [6.07, 6.45) is 1.29. The van der Waals surface area contributed by atoms with Gasteiger partial charge in [-0.1, -0.05) is 18.2 Å². The van der Waals surface area contributed by atoms with Crippen molar-refractivity contribution >= 4 is 0 Å². The molecule has 0 aliphatic carbocycles. The Bertz CT molecular complexity index is 289. The van der Waals surface area contributed by atoms with E-state index in [2.05, 4.69) is 17.4 Å². The number of ether oxygens (including phenoxy) is 2. The number of nitrogens with one attached hydrogen (secondary N) is 1. The van der Waals surface area contributed by atoms with Crippen molar-refractivity contribution in [3.63, 3.8) is 0 Å². The highest BCUT2D eigenvalue weighted by atomic mass is 16.5. The fraction of sp³-hybridized carbons (Fsp3) is 0.500. The van der Waals surface area contributed by atoms with Gasteiger partial charge in [0.25, 0.3) is 0 Å². The molecule has 3 nitrogen and oxygen atoms in total. The van der Waals surface area contributed by atoms with Crippen molar-refractivity contribution in [2.24, 2.45) is 0 Å². The standard InChI is InChI=1S/C12H17NO2/c1-14-7-6-13-9-11-8-10-4-2-3-5-12(10)15-11/h2-5,11,13H,6-9H2,1H3. The van der Waals surface area contributed by atoms with Gasteiger partial charge in [0.05, 0.1) is 6.61 Å². The molecule has 0 amide bonds. The van der Waals surface area contributed by atoms with E-state index in [0.717, 1.165) is 31.9 Å². The third-order valence-corrected chi connectivity index (χ3v) is 2.57. The zero-order valence-corrected chi connectivity index (χ0v) is 9.03. The third kappa shape index (κ3) is 2.70. The maximum Gasteiger partial charge on any atom is 0.123 e. The zero-order valence-electron chi connectivity index (χ0n) is 9.03. The molecule has 0 fully saturated rings. The minimum absolute atomic E-state index is 0.277. The van der Waals surface area contributed by atoms with E-state index < -0.39 is 0 Å². The van der Waals surface area contributed by atoms with Crippen LogP contribution in [0, 0.1) is 0 Å². The maximum absolute atomic E-state index is 5.78. The van der Waals surface area contributed by atoms with Crippen LogP contribution in [0.4, 0.5) is 0 Å². The summed E-state index contributed by atoms with van der Waals surface area (Å²) in [5, 5.41) is 3.31. The smallest absolute Gasteiger partial charge is 0.123 e. The van der Waals surface area contributed by atoms with E-state index in [9.17, 15) is 0 Å². The highest BCUT2D eigenvalue weighted by Gasteiger charge is 2.21. The fourth-order valence-corrected chi connectivity index (χ4v) is 1.81. The molecule has 82 valence electrons. The van der Waals surface area contributed by atoms with Crippen LogP contribution in [0.2, 0.25) is 0 Å². The minimum Gasteiger partial charge on any atom is -0.488 e. The topological polar surface area (TPSA) is 30.5 Å². The molecule has 1 aliphatic rings. The largest absolute Gasteiger partial charge is 0.488 e. The summed E-state index contributed by atoms with van der Waals surface area (Å²) in [6.45, 7) is 2.52. The Morgan fingerprint density at radius 1 is 1.47 bits per heavy atom. The average molecular weight is 207 g/mol. The molecule has 0 spiro atoms. The van der Waals surface area contributed by atoms with Crippen LogP contribution in [0.1, 0.15) is 5.56 Å². The molecule has 0 radical (unpaired) electrons. The van der Waals surface area contributed by atoms with Crippen molar-refractivity contribution in [3.8, 4) is 5.75 Å². The van der Waals surface area contributed by atoms with Crippen molar-refractivity contribution in [1.29, 1.82) is 0 Å². The quantitative estimate of drug-likeness (QED) is 0.737. The number of para-hydroxylation sites is 1. The number of fused-ring (bicyclic) bond motifs is 1. The summed E-state index contributed by atoms with van der Waals surface area (Å²) >= 11 is 0. The summed E-state index contributed by atoms with van der Waals surface area (Å²) in [5.41, 5.74) is 1.32. The van der Waals surface area contributed by atoms with Crippen LogP contribution in [0.5, 0.6) is 5.75 Å². The summed E-state index contributed by atoms with van der Waals surface area (Å²) < 4.78 is 10.7. The van der Waals surface area contributed by atoms with E-state index in [-0.39, 0.29) is 6.10 Å². The van der Waals surface area contributed by atoms with E-state index >= 15 is 0 Å². The second kappa shape index (κ2) is 5.14. The molecular weight excluding hydrogens is 190 g/mol. The lowest BCUT2D eigenvalue weighted by Gasteiger charge is -2.11. The number of methoxy groups -OCH3 is 1. The molecule has 0 bridgehead atoms. The molecule has 1 heterocycles. The van der Waals surface area contributed by atoms with Crippen LogP contribution in [-0.2, 0) is 11.2 Å². The van der Waals surface area contributed by atoms with E-state index in [4.69, 9.17) is 9.47 Å². The molecule has 1 atom stereocenters. The molecule has 0 saturated carbocycles. The van der Waals surface area contributed by atoms with Gasteiger partial charge >= 0.3 is 0 Å². The highest BCUT2D eigenvalue weighted by molar-refractivity contribution is 5.37. The summed E-state index contributed by atoms with van der Waals surface area (Å²) in [4.78, 5) is 0. The molecule has 0 aromatic heterocycles. The maximum atomic E-state index is 5.78. The van der Waals surface area contributed by atoms with E-state index in [1.165, 1.54) is 5.56 Å². The first-order valence-electron chi connectivity index (χ1n) is 5.34. The van der Waals surface area contributed by atoms with Gasteiger partial charge in [0.1, 0.15) is 11.9 Å². The van der Waals surface area contributed by atoms with Crippen LogP contribution in [0.25, 0.3) is 0 Å². The van der Waals surface area contributed by atoms with Gasteiger partial charge < -0.3 is 14.8 Å². The third-order valence-electron chi connectivity index (χ3n) is 2.57. The number of hydrogen-bond donors (Lipinski definition) is 1. The van der Waals surface area contributed by atoms with Crippen molar-refractivity contribution < 1.29 is 9.47 Å². The molecule has 1 aromatic rings. The van der Waals surface area contributed by atoms with Crippen molar-refractivity contribution in [2.75, 3.05) is 26.8 Å². The number of hydrogen-bond acceptors (Lipinski definition) is 3. The van der Waals surface area contributed by atoms with Gasteiger partial charge in [-0.2, -0.15) is 0 Å². The van der Waals surface area contributed by atoms with Crippen LogP contribution < -0.4 is 10.1 Å². The molecule has 1 aliphatic heterocycles. The first kappa shape index (κ1) is 10.5. The first-order chi connectivity index (χ1) is 7.40. The predicted molar refractivity (Wildman–Crippen MR) is 59.3 cm³/mol. The molecule has 1 N–H and O–H groups in total. The molecule has 1 unspecified atom stereocenters. The lowest BCUT2D eigenvalue weighted by molar-refractivity contribution is 0.186. The van der Waals surface area contributed by atoms with Crippen LogP contribution in [-0.4, -0.2) is 32.9 Å². The normalized spacial score (nSPS) is 18.6. The zero-order chi connectivity index (χ0) is 10.5. The number of rotatable bonds is 5. The highest BCUT2D eigenvalue weighted by Crippen LogP contribution is 2.27. The van der Waals surface area contributed by atoms with Gasteiger partial charge in [0.15, 0.2) is 0 Å². The molecule has 2 rings (SSSR count). The van der Waals surface area contributed by atoms with Gasteiger partial charge in [-0.3, -0.25) is 0 Å². The van der Waals surface area contributed by atoms with Gasteiger partial charge in [0, 0.05) is 26.6 Å². The van der Waals surface area contributed by atoms with Gasteiger partial charge in [0.2, 0.25) is 0 Å². The lowest BCUT2D eigenvalue weighted by atomic mass is 10.1. The Morgan fingerprint density at radius 2 is 2.33 bits per heavy atom.